The second-order valence-corrected chi connectivity index (χ2v) is 5.24. The summed E-state index contributed by atoms with van der Waals surface area (Å²) in [5.41, 5.74) is 2.20. The molecule has 0 radical (unpaired) electrons. The molecule has 0 aliphatic heterocycles. The van der Waals surface area contributed by atoms with Crippen LogP contribution in [0.5, 0.6) is 0 Å². The first-order valence-corrected chi connectivity index (χ1v) is 6.88. The van der Waals surface area contributed by atoms with Crippen molar-refractivity contribution >= 4 is 34.2 Å². The second-order valence-electron chi connectivity index (χ2n) is 3.99. The van der Waals surface area contributed by atoms with Gasteiger partial charge in [-0.25, -0.2) is 0 Å². The molecule has 0 saturated carbocycles. The number of H-pyrrole nitrogens is 1. The van der Waals surface area contributed by atoms with Crippen molar-refractivity contribution in [2.75, 3.05) is 5.32 Å². The Morgan fingerprint density at radius 2 is 2.11 bits per heavy atom. The van der Waals surface area contributed by atoms with Gasteiger partial charge in [0.15, 0.2) is 5.69 Å². The lowest BCUT2D eigenvalue weighted by molar-refractivity contribution is 0.102. The third kappa shape index (κ3) is 3.32. The van der Waals surface area contributed by atoms with Crippen LogP contribution < -0.4 is 5.32 Å². The van der Waals surface area contributed by atoms with Crippen LogP contribution in [0.4, 0.5) is 5.69 Å². The number of aromatic nitrogens is 2. The van der Waals surface area contributed by atoms with Gasteiger partial charge in [0.2, 0.25) is 0 Å². The van der Waals surface area contributed by atoms with Crippen LogP contribution in [0.2, 0.25) is 0 Å². The van der Waals surface area contributed by atoms with Crippen LogP contribution in [0, 0.1) is 3.57 Å². The van der Waals surface area contributed by atoms with Gasteiger partial charge in [-0.1, -0.05) is 13.3 Å². The molecule has 2 N–H and O–H groups in total. The van der Waals surface area contributed by atoms with Gasteiger partial charge in [0, 0.05) is 15.0 Å². The van der Waals surface area contributed by atoms with Crippen LogP contribution in [0.1, 0.15) is 29.5 Å². The first kappa shape index (κ1) is 13.1. The van der Waals surface area contributed by atoms with Crippen molar-refractivity contribution in [3.05, 3.63) is 45.3 Å². The lowest BCUT2D eigenvalue weighted by atomic mass is 10.2. The maximum atomic E-state index is 11.9. The number of hydrogen-bond donors (Lipinski definition) is 2. The number of nitrogens with one attached hydrogen (secondary N) is 2. The topological polar surface area (TPSA) is 57.8 Å². The van der Waals surface area contributed by atoms with Gasteiger partial charge in [0.1, 0.15) is 0 Å². The van der Waals surface area contributed by atoms with E-state index in [2.05, 4.69) is 45.0 Å². The SMILES string of the molecule is CCCc1cc(C(=O)Nc2ccc(I)cc2)n[nH]1. The number of aryl methyl sites for hydroxylation is 1. The molecule has 94 valence electrons. The molecule has 0 spiro atoms. The standard InChI is InChI=1S/C13H14IN3O/c1-2-3-11-8-12(17-16-11)13(18)15-10-6-4-9(14)5-7-10/h4-8H,2-3H2,1H3,(H,15,18)(H,16,17). The smallest absolute Gasteiger partial charge is 0.276 e. The zero-order valence-corrected chi connectivity index (χ0v) is 12.2. The van der Waals surface area contributed by atoms with Crippen LogP contribution in [-0.4, -0.2) is 16.1 Å². The molecule has 1 heterocycles. The van der Waals surface area contributed by atoms with Crippen molar-refractivity contribution in [1.29, 1.82) is 0 Å². The van der Waals surface area contributed by atoms with Crippen molar-refractivity contribution in [3.8, 4) is 0 Å². The number of rotatable bonds is 4. The fourth-order valence-electron chi connectivity index (χ4n) is 1.60. The largest absolute Gasteiger partial charge is 0.321 e. The molecule has 0 bridgehead atoms. The van der Waals surface area contributed by atoms with E-state index >= 15 is 0 Å². The quantitative estimate of drug-likeness (QED) is 0.828. The van der Waals surface area contributed by atoms with Gasteiger partial charge >= 0.3 is 0 Å². The molecule has 0 atom stereocenters. The van der Waals surface area contributed by atoms with Crippen molar-refractivity contribution < 1.29 is 4.79 Å². The van der Waals surface area contributed by atoms with E-state index in [1.54, 1.807) is 6.07 Å². The number of aromatic amines is 1. The monoisotopic (exact) mass is 355 g/mol. The molecule has 18 heavy (non-hydrogen) atoms. The van der Waals surface area contributed by atoms with Crippen LogP contribution in [-0.2, 0) is 6.42 Å². The molecule has 1 aromatic carbocycles. The molecule has 1 amide bonds. The summed E-state index contributed by atoms with van der Waals surface area (Å²) < 4.78 is 1.13. The minimum absolute atomic E-state index is 0.185. The molecule has 0 aliphatic carbocycles. The summed E-state index contributed by atoms with van der Waals surface area (Å²) in [7, 11) is 0. The number of anilines is 1. The molecular formula is C13H14IN3O. The Labute approximate surface area is 119 Å². The van der Waals surface area contributed by atoms with E-state index in [1.165, 1.54) is 0 Å². The molecule has 1 aromatic heterocycles. The summed E-state index contributed by atoms with van der Waals surface area (Å²) in [4.78, 5) is 11.9. The van der Waals surface area contributed by atoms with Gasteiger partial charge in [-0.2, -0.15) is 5.10 Å². The van der Waals surface area contributed by atoms with Gasteiger partial charge in [-0.05, 0) is 59.3 Å². The number of nitrogens with zero attached hydrogens (tertiary/aromatic N) is 1. The first-order valence-electron chi connectivity index (χ1n) is 5.80. The summed E-state index contributed by atoms with van der Waals surface area (Å²) in [6, 6.07) is 9.44. The Bertz CT molecular complexity index is 533. The fourth-order valence-corrected chi connectivity index (χ4v) is 1.96. The molecule has 0 saturated heterocycles. The van der Waals surface area contributed by atoms with E-state index < -0.39 is 0 Å². The average molecular weight is 355 g/mol. The van der Waals surface area contributed by atoms with Gasteiger partial charge in [0.05, 0.1) is 0 Å². The summed E-state index contributed by atoms with van der Waals surface area (Å²) in [5, 5.41) is 9.70. The predicted molar refractivity (Wildman–Crippen MR) is 79.7 cm³/mol. The van der Waals surface area contributed by atoms with Gasteiger partial charge in [-0.3, -0.25) is 9.89 Å². The Balaban J connectivity index is 2.04. The van der Waals surface area contributed by atoms with E-state index in [9.17, 15) is 4.79 Å². The molecular weight excluding hydrogens is 341 g/mol. The molecule has 0 fully saturated rings. The maximum absolute atomic E-state index is 11.9. The van der Waals surface area contributed by atoms with Crippen LogP contribution >= 0.6 is 22.6 Å². The highest BCUT2D eigenvalue weighted by atomic mass is 127. The summed E-state index contributed by atoms with van der Waals surface area (Å²) in [6.45, 7) is 2.09. The summed E-state index contributed by atoms with van der Waals surface area (Å²) in [6.07, 6.45) is 1.93. The maximum Gasteiger partial charge on any atom is 0.276 e. The molecule has 4 nitrogen and oxygen atoms in total. The van der Waals surface area contributed by atoms with Crippen LogP contribution in [0.25, 0.3) is 0 Å². The lowest BCUT2D eigenvalue weighted by Gasteiger charge is -2.02. The van der Waals surface area contributed by atoms with E-state index in [-0.39, 0.29) is 5.91 Å². The summed E-state index contributed by atoms with van der Waals surface area (Å²) in [5.74, 6) is -0.185. The second kappa shape index (κ2) is 5.99. The number of hydrogen-bond acceptors (Lipinski definition) is 2. The first-order chi connectivity index (χ1) is 8.69. The van der Waals surface area contributed by atoms with Gasteiger partial charge < -0.3 is 5.32 Å². The number of benzene rings is 1. The van der Waals surface area contributed by atoms with Crippen LogP contribution in [0.15, 0.2) is 30.3 Å². The average Bonchev–Trinajstić information content (AvgIpc) is 2.81. The zero-order valence-electron chi connectivity index (χ0n) is 10.0. The van der Waals surface area contributed by atoms with Crippen LogP contribution in [0.3, 0.4) is 0 Å². The molecule has 5 heteroatoms. The van der Waals surface area contributed by atoms with Crippen molar-refractivity contribution in [2.45, 2.75) is 19.8 Å². The number of carbonyl (C=O) groups is 1. The molecule has 0 unspecified atom stereocenters. The number of carbonyl (C=O) groups excluding carboxylic acids is 1. The minimum atomic E-state index is -0.185. The van der Waals surface area contributed by atoms with Crippen molar-refractivity contribution in [1.82, 2.24) is 10.2 Å². The Morgan fingerprint density at radius 1 is 1.39 bits per heavy atom. The van der Waals surface area contributed by atoms with Crippen molar-refractivity contribution in [2.24, 2.45) is 0 Å². The fraction of sp³-hybridized carbons (Fsp3) is 0.231. The molecule has 2 rings (SSSR count). The Hall–Kier alpha value is -1.37. The highest BCUT2D eigenvalue weighted by Crippen LogP contribution is 2.12. The van der Waals surface area contributed by atoms with Gasteiger partial charge in [0.25, 0.3) is 5.91 Å². The lowest BCUT2D eigenvalue weighted by Crippen LogP contribution is -2.12. The van der Waals surface area contributed by atoms with Gasteiger partial charge in [-0.15, -0.1) is 0 Å². The normalized spacial score (nSPS) is 10.3. The number of halogens is 1. The van der Waals surface area contributed by atoms with Crippen molar-refractivity contribution in [3.63, 3.8) is 0 Å². The third-order valence-corrected chi connectivity index (χ3v) is 3.20. The molecule has 2 aromatic rings. The van der Waals surface area contributed by atoms with E-state index in [1.807, 2.05) is 24.3 Å². The van der Waals surface area contributed by atoms with E-state index in [0.29, 0.717) is 5.69 Å². The number of amides is 1. The third-order valence-electron chi connectivity index (χ3n) is 2.48. The molecule has 0 aliphatic rings. The predicted octanol–water partition coefficient (Wildman–Crippen LogP) is 3.22. The Kier molecular flexibility index (Phi) is 4.35. The summed E-state index contributed by atoms with van der Waals surface area (Å²) >= 11 is 2.22. The minimum Gasteiger partial charge on any atom is -0.321 e. The van der Waals surface area contributed by atoms with E-state index in [0.717, 1.165) is 27.8 Å². The van der Waals surface area contributed by atoms with E-state index in [4.69, 9.17) is 0 Å². The highest BCUT2D eigenvalue weighted by Gasteiger charge is 2.10. The highest BCUT2D eigenvalue weighted by molar-refractivity contribution is 14.1. The zero-order chi connectivity index (χ0) is 13.0. The Morgan fingerprint density at radius 3 is 2.78 bits per heavy atom.